The van der Waals surface area contributed by atoms with Gasteiger partial charge in [0.05, 0.1) is 26.9 Å². The number of methoxy groups -OCH3 is 3. The Bertz CT molecular complexity index is 1070. The number of hydrogen-bond donors (Lipinski definition) is 1. The van der Waals surface area contributed by atoms with Gasteiger partial charge in [-0.05, 0) is 42.3 Å². The molecule has 1 atom stereocenters. The molecule has 0 aliphatic carbocycles. The summed E-state index contributed by atoms with van der Waals surface area (Å²) in [6.45, 7) is 0.539. The number of nitrogens with one attached hydrogen (secondary N) is 1. The van der Waals surface area contributed by atoms with E-state index in [1.54, 1.807) is 21.3 Å². The molecule has 0 spiro atoms. The number of ether oxygens (including phenoxy) is 3. The monoisotopic (exact) mass is 418 g/mol. The maximum absolute atomic E-state index is 13.5. The van der Waals surface area contributed by atoms with Crippen LogP contribution in [0, 0.1) is 0 Å². The summed E-state index contributed by atoms with van der Waals surface area (Å²) < 4.78 is 16.4. The molecular weight excluding hydrogens is 392 g/mol. The number of benzene rings is 3. The number of rotatable bonds is 7. The Morgan fingerprint density at radius 1 is 0.871 bits per heavy atom. The SMILES string of the molecule is COc1ccc(CCN2C(=O)c3ccccc3N[C@H]2c2cccc(OC)c2OC)cc1. The van der Waals surface area contributed by atoms with Gasteiger partial charge in [0.2, 0.25) is 0 Å². The summed E-state index contributed by atoms with van der Waals surface area (Å²) in [5, 5.41) is 3.52. The summed E-state index contributed by atoms with van der Waals surface area (Å²) in [6.07, 6.45) is 0.327. The fourth-order valence-electron chi connectivity index (χ4n) is 3.94. The van der Waals surface area contributed by atoms with Gasteiger partial charge >= 0.3 is 0 Å². The molecule has 3 aromatic rings. The van der Waals surface area contributed by atoms with E-state index in [0.717, 1.165) is 22.6 Å². The van der Waals surface area contributed by atoms with E-state index in [2.05, 4.69) is 5.32 Å². The van der Waals surface area contributed by atoms with E-state index in [9.17, 15) is 4.79 Å². The molecule has 6 heteroatoms. The van der Waals surface area contributed by atoms with E-state index in [4.69, 9.17) is 14.2 Å². The lowest BCUT2D eigenvalue weighted by atomic mass is 10.0. The van der Waals surface area contributed by atoms with Gasteiger partial charge in [0, 0.05) is 17.8 Å². The van der Waals surface area contributed by atoms with E-state index < -0.39 is 0 Å². The fourth-order valence-corrected chi connectivity index (χ4v) is 3.94. The van der Waals surface area contributed by atoms with Crippen molar-refractivity contribution < 1.29 is 19.0 Å². The third kappa shape index (κ3) is 4.01. The molecule has 1 heterocycles. The minimum absolute atomic E-state index is 0.0160. The number of anilines is 1. The lowest BCUT2D eigenvalue weighted by Gasteiger charge is -2.38. The molecule has 3 aromatic carbocycles. The molecule has 0 bridgehead atoms. The minimum atomic E-state index is -0.384. The fraction of sp³-hybridized carbons (Fsp3) is 0.240. The van der Waals surface area contributed by atoms with Crippen molar-refractivity contribution in [3.63, 3.8) is 0 Å². The van der Waals surface area contributed by atoms with Crippen LogP contribution >= 0.6 is 0 Å². The highest BCUT2D eigenvalue weighted by Gasteiger charge is 2.34. The number of carbonyl (C=O) groups excluding carboxylic acids is 1. The van der Waals surface area contributed by atoms with Crippen molar-refractivity contribution >= 4 is 11.6 Å². The van der Waals surface area contributed by atoms with Gasteiger partial charge in [-0.2, -0.15) is 0 Å². The molecule has 0 fully saturated rings. The van der Waals surface area contributed by atoms with E-state index in [0.29, 0.717) is 30.0 Å². The predicted octanol–water partition coefficient (Wildman–Crippen LogP) is 4.52. The second-order valence-electron chi connectivity index (χ2n) is 7.27. The molecule has 1 aliphatic heterocycles. The Labute approximate surface area is 182 Å². The van der Waals surface area contributed by atoms with Gasteiger partial charge < -0.3 is 24.4 Å². The summed E-state index contributed by atoms with van der Waals surface area (Å²) in [5.41, 5.74) is 3.45. The molecule has 31 heavy (non-hydrogen) atoms. The molecule has 4 rings (SSSR count). The third-order valence-corrected chi connectivity index (χ3v) is 5.55. The summed E-state index contributed by atoms with van der Waals surface area (Å²) in [6, 6.07) is 21.2. The Morgan fingerprint density at radius 3 is 2.35 bits per heavy atom. The Morgan fingerprint density at radius 2 is 1.65 bits per heavy atom. The summed E-state index contributed by atoms with van der Waals surface area (Å²) in [5.74, 6) is 2.04. The van der Waals surface area contributed by atoms with Gasteiger partial charge in [0.1, 0.15) is 11.9 Å². The van der Waals surface area contributed by atoms with Crippen LogP contribution in [0.15, 0.2) is 66.7 Å². The van der Waals surface area contributed by atoms with Gasteiger partial charge in [0.25, 0.3) is 5.91 Å². The van der Waals surface area contributed by atoms with Crippen molar-refractivity contribution in [3.05, 3.63) is 83.4 Å². The molecule has 0 saturated heterocycles. The summed E-state index contributed by atoms with van der Waals surface area (Å²) in [4.78, 5) is 15.3. The summed E-state index contributed by atoms with van der Waals surface area (Å²) >= 11 is 0. The van der Waals surface area contributed by atoms with Crippen LogP contribution in [0.2, 0.25) is 0 Å². The number of para-hydroxylation sites is 2. The van der Waals surface area contributed by atoms with Gasteiger partial charge in [-0.15, -0.1) is 0 Å². The molecule has 0 saturated carbocycles. The zero-order valence-corrected chi connectivity index (χ0v) is 17.9. The number of hydrogen-bond acceptors (Lipinski definition) is 5. The second kappa shape index (κ2) is 9.00. The third-order valence-electron chi connectivity index (χ3n) is 5.55. The van der Waals surface area contributed by atoms with Crippen LogP contribution in [0.4, 0.5) is 5.69 Å². The molecule has 1 N–H and O–H groups in total. The van der Waals surface area contributed by atoms with Crippen LogP contribution in [-0.4, -0.2) is 38.7 Å². The van der Waals surface area contributed by atoms with Crippen molar-refractivity contribution in [2.75, 3.05) is 33.2 Å². The number of carbonyl (C=O) groups is 1. The van der Waals surface area contributed by atoms with Crippen LogP contribution in [0.5, 0.6) is 17.2 Å². The smallest absolute Gasteiger partial charge is 0.257 e. The van der Waals surface area contributed by atoms with Crippen molar-refractivity contribution in [2.45, 2.75) is 12.6 Å². The Hall–Kier alpha value is -3.67. The van der Waals surface area contributed by atoms with Gasteiger partial charge in [0.15, 0.2) is 11.5 Å². The molecule has 0 unspecified atom stereocenters. The first-order chi connectivity index (χ1) is 15.2. The first kappa shape index (κ1) is 20.6. The molecule has 1 aliphatic rings. The first-order valence-electron chi connectivity index (χ1n) is 10.2. The van der Waals surface area contributed by atoms with Gasteiger partial charge in [-0.1, -0.05) is 36.4 Å². The minimum Gasteiger partial charge on any atom is -0.497 e. The van der Waals surface area contributed by atoms with Crippen LogP contribution in [0.3, 0.4) is 0 Å². The van der Waals surface area contributed by atoms with Crippen LogP contribution in [-0.2, 0) is 6.42 Å². The zero-order valence-electron chi connectivity index (χ0n) is 17.9. The Balaban J connectivity index is 1.70. The zero-order chi connectivity index (χ0) is 21.8. The van der Waals surface area contributed by atoms with Crippen LogP contribution < -0.4 is 19.5 Å². The Kier molecular flexibility index (Phi) is 5.98. The lowest BCUT2D eigenvalue weighted by Crippen LogP contribution is -2.44. The molecule has 160 valence electrons. The van der Waals surface area contributed by atoms with E-state index >= 15 is 0 Å². The van der Waals surface area contributed by atoms with Gasteiger partial charge in [-0.25, -0.2) is 0 Å². The van der Waals surface area contributed by atoms with Crippen LogP contribution in [0.25, 0.3) is 0 Å². The topological polar surface area (TPSA) is 60.0 Å². The standard InChI is InChI=1S/C25H26N2O4/c1-29-18-13-11-17(12-14-18)15-16-27-24(20-8-6-10-22(30-2)23(20)31-3)26-21-9-5-4-7-19(21)25(27)28/h4-14,24,26H,15-16H2,1-3H3/t24-/m1/s1. The van der Waals surface area contributed by atoms with Gasteiger partial charge in [-0.3, -0.25) is 4.79 Å². The molecule has 0 radical (unpaired) electrons. The molecule has 6 nitrogen and oxygen atoms in total. The number of amides is 1. The predicted molar refractivity (Wildman–Crippen MR) is 120 cm³/mol. The first-order valence-corrected chi connectivity index (χ1v) is 10.2. The maximum atomic E-state index is 13.5. The summed E-state index contributed by atoms with van der Waals surface area (Å²) in [7, 11) is 4.87. The average molecular weight is 418 g/mol. The van der Waals surface area contributed by atoms with Crippen molar-refractivity contribution in [1.82, 2.24) is 4.90 Å². The second-order valence-corrected chi connectivity index (χ2v) is 7.27. The highest BCUT2D eigenvalue weighted by molar-refractivity contribution is 6.01. The highest BCUT2D eigenvalue weighted by atomic mass is 16.5. The maximum Gasteiger partial charge on any atom is 0.257 e. The lowest BCUT2D eigenvalue weighted by molar-refractivity contribution is 0.0683. The van der Waals surface area contributed by atoms with E-state index in [1.807, 2.05) is 71.6 Å². The molecular formula is C25H26N2O4. The van der Waals surface area contributed by atoms with Crippen LogP contribution in [0.1, 0.15) is 27.7 Å². The van der Waals surface area contributed by atoms with Crippen molar-refractivity contribution in [3.8, 4) is 17.2 Å². The average Bonchev–Trinajstić information content (AvgIpc) is 2.83. The number of nitrogens with zero attached hydrogens (tertiary/aromatic N) is 1. The normalized spacial score (nSPS) is 15.1. The highest BCUT2D eigenvalue weighted by Crippen LogP contribution is 2.40. The van der Waals surface area contributed by atoms with E-state index in [1.165, 1.54) is 0 Å². The molecule has 0 aromatic heterocycles. The van der Waals surface area contributed by atoms with Crippen molar-refractivity contribution in [1.29, 1.82) is 0 Å². The number of fused-ring (bicyclic) bond motifs is 1. The molecule has 1 amide bonds. The van der Waals surface area contributed by atoms with E-state index in [-0.39, 0.29) is 12.1 Å². The quantitative estimate of drug-likeness (QED) is 0.611. The van der Waals surface area contributed by atoms with Crippen molar-refractivity contribution in [2.24, 2.45) is 0 Å². The largest absolute Gasteiger partial charge is 0.497 e.